The van der Waals surface area contributed by atoms with E-state index in [0.717, 1.165) is 263 Å². The minimum absolute atomic E-state index is 0.0806. The second-order valence-corrected chi connectivity index (χ2v) is 26.0. The molecule has 4 aromatic carbocycles. The van der Waals surface area contributed by atoms with E-state index in [1.165, 1.54) is 25.7 Å². The van der Waals surface area contributed by atoms with Crippen LogP contribution in [0.5, 0.6) is 46.0 Å². The largest absolute Gasteiger partial charge is 0.456 e. The lowest BCUT2D eigenvalue weighted by Crippen LogP contribution is -2.24. The molecule has 8 heterocycles. The summed E-state index contributed by atoms with van der Waals surface area (Å²) in [5.74, 6) is 5.07. The molecule has 8 bridgehead atoms. The molecule has 12 nitrogen and oxygen atoms in total. The van der Waals surface area contributed by atoms with E-state index < -0.39 is 0 Å². The molecular formula is C80H92N4O8. The van der Waals surface area contributed by atoms with Crippen molar-refractivity contribution in [1.82, 2.24) is 19.9 Å². The Kier molecular flexibility index (Phi) is 20.5. The van der Waals surface area contributed by atoms with Crippen molar-refractivity contribution in [3.8, 4) is 90.5 Å². The molecule has 0 atom stereocenters. The summed E-state index contributed by atoms with van der Waals surface area (Å²) < 4.78 is 58.7. The molecule has 8 aromatic rings. The van der Waals surface area contributed by atoms with Gasteiger partial charge in [-0.1, -0.05) is 180 Å². The minimum atomic E-state index is -0.216. The molecule has 13 rings (SSSR count). The van der Waals surface area contributed by atoms with Crippen molar-refractivity contribution in [2.24, 2.45) is 0 Å². The second-order valence-electron chi connectivity index (χ2n) is 26.0. The summed E-state index contributed by atoms with van der Waals surface area (Å²) in [5.41, 5.74) is 15.9. The van der Waals surface area contributed by atoms with Crippen LogP contribution in [0.3, 0.4) is 0 Å². The molecule has 1 aliphatic carbocycles. The number of benzene rings is 4. The predicted molar refractivity (Wildman–Crippen MR) is 364 cm³/mol. The molecule has 4 aliphatic heterocycles. The van der Waals surface area contributed by atoms with Gasteiger partial charge in [0.15, 0.2) is 0 Å². The van der Waals surface area contributed by atoms with Crippen LogP contribution in [0.15, 0.2) is 122 Å². The van der Waals surface area contributed by atoms with Crippen LogP contribution in [0.25, 0.3) is 44.5 Å². The average Bonchev–Trinajstić information content (AvgIpc) is 0.739. The quantitative estimate of drug-likeness (QED) is 0.0434. The first-order valence-corrected chi connectivity index (χ1v) is 35.1. The van der Waals surface area contributed by atoms with Crippen LogP contribution in [0.1, 0.15) is 250 Å². The molecule has 0 N–H and O–H groups in total. The number of nitrogens with zero attached hydrogens (tertiary/aromatic N) is 4. The summed E-state index contributed by atoms with van der Waals surface area (Å²) >= 11 is 0. The van der Waals surface area contributed by atoms with E-state index in [1.807, 2.05) is 73.8 Å². The number of ether oxygens (including phenoxy) is 8. The molecule has 0 saturated heterocycles. The maximum Gasteiger partial charge on any atom is 0.230 e. The molecule has 92 heavy (non-hydrogen) atoms. The van der Waals surface area contributed by atoms with Gasteiger partial charge >= 0.3 is 0 Å². The van der Waals surface area contributed by atoms with Crippen molar-refractivity contribution in [1.29, 1.82) is 0 Å². The van der Waals surface area contributed by atoms with Gasteiger partial charge in [0.1, 0.15) is 46.0 Å². The van der Waals surface area contributed by atoms with Crippen LogP contribution in [0.2, 0.25) is 0 Å². The van der Waals surface area contributed by atoms with Gasteiger partial charge in [0.05, 0.1) is 22.3 Å². The maximum atomic E-state index is 7.34. The maximum absolute atomic E-state index is 7.34. The Morgan fingerprint density at radius 3 is 0.641 bits per heavy atom. The number of aromatic nitrogens is 4. The van der Waals surface area contributed by atoms with Crippen LogP contribution < -0.4 is 37.9 Å². The van der Waals surface area contributed by atoms with Gasteiger partial charge in [0, 0.05) is 140 Å². The Bertz CT molecular complexity index is 3160. The molecule has 0 saturated carbocycles. The summed E-state index contributed by atoms with van der Waals surface area (Å²) in [6, 6.07) is 26.7. The van der Waals surface area contributed by atoms with Gasteiger partial charge in [-0.2, -0.15) is 0 Å². The van der Waals surface area contributed by atoms with E-state index >= 15 is 0 Å². The van der Waals surface area contributed by atoms with Crippen molar-refractivity contribution in [3.05, 3.63) is 167 Å². The van der Waals surface area contributed by atoms with E-state index in [0.29, 0.717) is 0 Å². The zero-order chi connectivity index (χ0) is 62.6. The Hall–Kier alpha value is -8.12. The average molecular weight is 1240 g/mol. The SMILES string of the molecule is CCCCCCCC1c2cc3c4c(-c5cccnc5)c2OCOc2c1cc1c(c2-c2cccnc2)OCOc2c(cc5c(c2-c2cccnc2)OCOc2c(cc(c(c2-c2cccnc2)OCO4)C3CCCCCCC)C5CCCCCCC)C1CCCCCCC. The monoisotopic (exact) mass is 1240 g/mol. The molecule has 0 radical (unpaired) electrons. The lowest BCUT2D eigenvalue weighted by atomic mass is 9.73. The second kappa shape index (κ2) is 30.1. The molecule has 0 unspecified atom stereocenters. The van der Waals surface area contributed by atoms with Crippen molar-refractivity contribution in [2.75, 3.05) is 27.2 Å². The molecule has 12 heteroatoms. The van der Waals surface area contributed by atoms with Gasteiger partial charge in [0.25, 0.3) is 0 Å². The summed E-state index contributed by atoms with van der Waals surface area (Å²) in [5, 5.41) is 0. The Labute approximate surface area is 545 Å². The first-order chi connectivity index (χ1) is 45.6. The number of pyridine rings is 4. The first-order valence-electron chi connectivity index (χ1n) is 35.1. The highest BCUT2D eigenvalue weighted by Crippen LogP contribution is 2.62. The van der Waals surface area contributed by atoms with Crippen LogP contribution in [0.4, 0.5) is 0 Å². The summed E-state index contributed by atoms with van der Waals surface area (Å²) in [4.78, 5) is 19.3. The molecule has 5 aliphatic rings. The summed E-state index contributed by atoms with van der Waals surface area (Å²) in [7, 11) is 0. The van der Waals surface area contributed by atoms with Gasteiger partial charge in [0.2, 0.25) is 27.2 Å². The number of unbranched alkanes of at least 4 members (excludes halogenated alkanes) is 16. The van der Waals surface area contributed by atoms with Crippen molar-refractivity contribution < 1.29 is 37.9 Å². The van der Waals surface area contributed by atoms with Crippen LogP contribution in [-0.2, 0) is 0 Å². The fourth-order valence-corrected chi connectivity index (χ4v) is 15.5. The van der Waals surface area contributed by atoms with Crippen LogP contribution in [-0.4, -0.2) is 47.1 Å². The molecule has 0 fully saturated rings. The third kappa shape index (κ3) is 12.9. The van der Waals surface area contributed by atoms with Gasteiger partial charge in [-0.25, -0.2) is 0 Å². The highest BCUT2D eigenvalue weighted by atomic mass is 16.7. The van der Waals surface area contributed by atoms with Crippen molar-refractivity contribution in [3.63, 3.8) is 0 Å². The van der Waals surface area contributed by atoms with Gasteiger partial charge < -0.3 is 37.9 Å². The summed E-state index contributed by atoms with van der Waals surface area (Å²) in [6.07, 6.45) is 40.9. The zero-order valence-electron chi connectivity index (χ0n) is 54.7. The van der Waals surface area contributed by atoms with E-state index in [1.54, 1.807) is 0 Å². The topological polar surface area (TPSA) is 125 Å². The smallest absolute Gasteiger partial charge is 0.230 e. The lowest BCUT2D eigenvalue weighted by molar-refractivity contribution is 0.101. The summed E-state index contributed by atoms with van der Waals surface area (Å²) in [6.45, 7) is 8.85. The van der Waals surface area contributed by atoms with E-state index in [4.69, 9.17) is 57.8 Å². The molecule has 0 spiro atoms. The number of hydrogen-bond donors (Lipinski definition) is 0. The fourth-order valence-electron chi connectivity index (χ4n) is 15.5. The molecular weight excluding hydrogens is 1140 g/mol. The Morgan fingerprint density at radius 2 is 0.467 bits per heavy atom. The molecule has 480 valence electrons. The molecule has 0 amide bonds. The van der Waals surface area contributed by atoms with Crippen molar-refractivity contribution in [2.45, 2.75) is 205 Å². The van der Waals surface area contributed by atoms with E-state index in [-0.39, 0.29) is 50.8 Å². The highest BCUT2D eigenvalue weighted by Gasteiger charge is 2.42. The predicted octanol–water partition coefficient (Wildman–Crippen LogP) is 21.1. The fraction of sp³-hybridized carbons (Fsp3) is 0.450. The third-order valence-electron chi connectivity index (χ3n) is 20.0. The highest BCUT2D eigenvalue weighted by molar-refractivity contribution is 5.88. The van der Waals surface area contributed by atoms with Gasteiger partial charge in [-0.3, -0.25) is 19.9 Å². The Morgan fingerprint density at radius 1 is 0.272 bits per heavy atom. The van der Waals surface area contributed by atoms with E-state index in [9.17, 15) is 0 Å². The van der Waals surface area contributed by atoms with Gasteiger partial charge in [-0.15, -0.1) is 0 Å². The van der Waals surface area contributed by atoms with Crippen LogP contribution >= 0.6 is 0 Å². The zero-order valence-corrected chi connectivity index (χ0v) is 54.7. The number of hydrogen-bond acceptors (Lipinski definition) is 12. The Balaban J connectivity index is 1.22. The lowest BCUT2D eigenvalue weighted by Gasteiger charge is -2.38. The third-order valence-corrected chi connectivity index (χ3v) is 20.0. The molecule has 4 aromatic heterocycles. The van der Waals surface area contributed by atoms with Crippen molar-refractivity contribution >= 4 is 0 Å². The van der Waals surface area contributed by atoms with E-state index in [2.05, 4.69) is 76.2 Å². The number of rotatable bonds is 28. The minimum Gasteiger partial charge on any atom is -0.456 e. The van der Waals surface area contributed by atoms with Crippen LogP contribution in [0, 0.1) is 0 Å². The normalized spacial score (nSPS) is 17.2. The standard InChI is InChI=1S/C80H92N4O8/c1-5-9-13-17-21-33-57-61-41-63-58(34-22-18-14-10-6-2)65-43-67-60(36-24-20-16-12-8-4)68-44-66-59(35-23-19-15-11-7-3)64-42-62(57)74-70(54-30-26-38-82-46-54)76(64)88-51-90-78(66)72(56-32-28-40-84-48-56)80(68)92-52-91-79(67)71(55-31-27-39-83-47-55)77(65)89-50-87-75(63)69(73(61)85-49-86-74)53-29-25-37-81-45-53/h25-32,37-48,57-60H,5-24,33-36,49-52H2,1-4H3. The first kappa shape index (κ1) is 62.7. The van der Waals surface area contributed by atoms with Gasteiger partial charge in [-0.05, 0) is 74.2 Å².